The molecule has 0 unspecified atom stereocenters. The summed E-state index contributed by atoms with van der Waals surface area (Å²) in [6.07, 6.45) is 1.76. The van der Waals surface area contributed by atoms with Crippen molar-refractivity contribution in [1.29, 1.82) is 0 Å². The summed E-state index contributed by atoms with van der Waals surface area (Å²) in [4.78, 5) is 31.4. The number of hydrogen-bond donors (Lipinski definition) is 1. The highest BCUT2D eigenvalue weighted by Gasteiger charge is 2.33. The average molecular weight is 493 g/mol. The van der Waals surface area contributed by atoms with Crippen molar-refractivity contribution < 1.29 is 19.4 Å². The van der Waals surface area contributed by atoms with Crippen LogP contribution in [0.25, 0.3) is 6.08 Å². The molecule has 0 saturated carbocycles. The minimum absolute atomic E-state index is 0.189. The number of nitrogens with zero attached hydrogens (tertiary/aromatic N) is 2. The van der Waals surface area contributed by atoms with Crippen molar-refractivity contribution >= 4 is 52.2 Å². The molecule has 3 aromatic rings. The summed E-state index contributed by atoms with van der Waals surface area (Å²) in [5, 5.41) is 10.2. The number of carbonyl (C=O) groups excluding carboxylic acids is 1. The molecular weight excluding hydrogens is 472 g/mol. The Morgan fingerprint density at radius 1 is 1.12 bits per heavy atom. The molecule has 0 bridgehead atoms. The zero-order chi connectivity index (χ0) is 24.1. The molecule has 0 radical (unpaired) electrons. The summed E-state index contributed by atoms with van der Waals surface area (Å²) >= 11 is 7.46. The Morgan fingerprint density at radius 3 is 2.53 bits per heavy atom. The number of thioether (sulfide) groups is 1. The van der Waals surface area contributed by atoms with Crippen LogP contribution >= 0.6 is 23.4 Å². The van der Waals surface area contributed by atoms with Crippen LogP contribution in [0.3, 0.4) is 0 Å². The SMILES string of the molecule is CCOc1ccc(Cl)cc1/C=C1\SC(=Nc2ccccc2)N(Cc2ccc(C(=O)O)cc2)C1=O. The Balaban J connectivity index is 1.71. The first-order valence-corrected chi connectivity index (χ1v) is 11.7. The molecule has 172 valence electrons. The van der Waals surface area contributed by atoms with Gasteiger partial charge in [0.15, 0.2) is 5.17 Å². The molecule has 4 rings (SSSR count). The number of carboxylic acids is 1. The minimum Gasteiger partial charge on any atom is -0.493 e. The molecule has 1 aliphatic heterocycles. The summed E-state index contributed by atoms with van der Waals surface area (Å²) in [5.41, 5.74) is 2.41. The predicted octanol–water partition coefficient (Wildman–Crippen LogP) is 6.24. The van der Waals surface area contributed by atoms with Crippen LogP contribution in [0.2, 0.25) is 5.02 Å². The van der Waals surface area contributed by atoms with E-state index in [9.17, 15) is 9.59 Å². The number of carbonyl (C=O) groups is 2. The Labute approximate surface area is 206 Å². The van der Waals surface area contributed by atoms with E-state index in [1.807, 2.05) is 37.3 Å². The van der Waals surface area contributed by atoms with Gasteiger partial charge in [-0.25, -0.2) is 9.79 Å². The van der Waals surface area contributed by atoms with Crippen LogP contribution < -0.4 is 4.74 Å². The van der Waals surface area contributed by atoms with Crippen LogP contribution in [0.1, 0.15) is 28.4 Å². The normalized spacial score (nSPS) is 15.8. The molecule has 0 aromatic heterocycles. The quantitative estimate of drug-likeness (QED) is 0.395. The molecule has 34 heavy (non-hydrogen) atoms. The van der Waals surface area contributed by atoms with E-state index in [1.54, 1.807) is 41.3 Å². The van der Waals surface area contributed by atoms with Crippen LogP contribution in [-0.4, -0.2) is 33.7 Å². The number of benzene rings is 3. The Hall–Kier alpha value is -3.55. The molecule has 1 heterocycles. The van der Waals surface area contributed by atoms with Crippen molar-refractivity contribution in [3.63, 3.8) is 0 Å². The van der Waals surface area contributed by atoms with Crippen LogP contribution in [0.4, 0.5) is 5.69 Å². The van der Waals surface area contributed by atoms with Crippen LogP contribution in [0.15, 0.2) is 82.7 Å². The van der Waals surface area contributed by atoms with E-state index >= 15 is 0 Å². The third-order valence-corrected chi connectivity index (χ3v) is 6.21. The van der Waals surface area contributed by atoms with Gasteiger partial charge in [-0.15, -0.1) is 0 Å². The van der Waals surface area contributed by atoms with Gasteiger partial charge in [0.25, 0.3) is 5.91 Å². The van der Waals surface area contributed by atoms with Gasteiger partial charge in [0, 0.05) is 10.6 Å². The number of carboxylic acid groups (broad SMARTS) is 1. The Bertz CT molecular complexity index is 1270. The molecule has 6 nitrogen and oxygen atoms in total. The smallest absolute Gasteiger partial charge is 0.335 e. The highest BCUT2D eigenvalue weighted by atomic mass is 35.5. The summed E-state index contributed by atoms with van der Waals surface area (Å²) < 4.78 is 5.70. The summed E-state index contributed by atoms with van der Waals surface area (Å²) in [6.45, 7) is 2.63. The molecule has 1 N–H and O–H groups in total. The number of halogens is 1. The molecule has 0 spiro atoms. The van der Waals surface area contributed by atoms with Gasteiger partial charge < -0.3 is 9.84 Å². The number of para-hydroxylation sites is 1. The number of hydrogen-bond acceptors (Lipinski definition) is 5. The molecule has 1 aliphatic rings. The molecule has 1 saturated heterocycles. The highest BCUT2D eigenvalue weighted by Crippen LogP contribution is 2.37. The lowest BCUT2D eigenvalue weighted by molar-refractivity contribution is -0.122. The maximum Gasteiger partial charge on any atom is 0.335 e. The van der Waals surface area contributed by atoms with Gasteiger partial charge in [-0.1, -0.05) is 41.9 Å². The third-order valence-electron chi connectivity index (χ3n) is 4.97. The zero-order valence-electron chi connectivity index (χ0n) is 18.3. The lowest BCUT2D eigenvalue weighted by Crippen LogP contribution is -2.28. The second kappa shape index (κ2) is 10.6. The number of amidine groups is 1. The zero-order valence-corrected chi connectivity index (χ0v) is 19.8. The molecule has 1 amide bonds. The first-order chi connectivity index (χ1) is 16.4. The number of rotatable bonds is 7. The van der Waals surface area contributed by atoms with Crippen molar-refractivity contribution in [2.24, 2.45) is 4.99 Å². The van der Waals surface area contributed by atoms with Crippen molar-refractivity contribution in [2.75, 3.05) is 6.61 Å². The maximum absolute atomic E-state index is 13.4. The van der Waals surface area contributed by atoms with Gasteiger partial charge in [0.05, 0.1) is 29.3 Å². The van der Waals surface area contributed by atoms with E-state index in [0.717, 1.165) is 11.3 Å². The molecule has 3 aromatic carbocycles. The number of amides is 1. The van der Waals surface area contributed by atoms with E-state index in [1.165, 1.54) is 23.9 Å². The average Bonchev–Trinajstić information content (AvgIpc) is 3.10. The van der Waals surface area contributed by atoms with Gasteiger partial charge in [-0.05, 0) is 72.8 Å². The predicted molar refractivity (Wildman–Crippen MR) is 136 cm³/mol. The van der Waals surface area contributed by atoms with Gasteiger partial charge in [0.2, 0.25) is 0 Å². The van der Waals surface area contributed by atoms with E-state index < -0.39 is 5.97 Å². The largest absolute Gasteiger partial charge is 0.493 e. The fourth-order valence-corrected chi connectivity index (χ4v) is 4.51. The summed E-state index contributed by atoms with van der Waals surface area (Å²) in [7, 11) is 0. The molecular formula is C26H21ClN2O4S. The van der Waals surface area contributed by atoms with Gasteiger partial charge in [-0.3, -0.25) is 9.69 Å². The summed E-state index contributed by atoms with van der Waals surface area (Å²) in [6, 6.07) is 21.1. The van der Waals surface area contributed by atoms with E-state index in [4.69, 9.17) is 26.4 Å². The fraction of sp³-hybridized carbons (Fsp3) is 0.115. The Morgan fingerprint density at radius 2 is 1.85 bits per heavy atom. The van der Waals surface area contributed by atoms with Gasteiger partial charge in [0.1, 0.15) is 5.75 Å². The van der Waals surface area contributed by atoms with Crippen molar-refractivity contribution in [2.45, 2.75) is 13.5 Å². The number of ether oxygens (including phenoxy) is 1. The lowest BCUT2D eigenvalue weighted by Gasteiger charge is -2.16. The van der Waals surface area contributed by atoms with Gasteiger partial charge in [-0.2, -0.15) is 0 Å². The second-order valence-electron chi connectivity index (χ2n) is 7.35. The molecule has 8 heteroatoms. The van der Waals surface area contributed by atoms with E-state index in [2.05, 4.69) is 0 Å². The Kier molecular flexibility index (Phi) is 7.35. The van der Waals surface area contributed by atoms with Crippen molar-refractivity contribution in [3.05, 3.63) is 99.4 Å². The van der Waals surface area contributed by atoms with E-state index in [-0.39, 0.29) is 18.0 Å². The second-order valence-corrected chi connectivity index (χ2v) is 8.79. The highest BCUT2D eigenvalue weighted by molar-refractivity contribution is 8.18. The standard InChI is InChI=1S/C26H21ClN2O4S/c1-2-33-22-13-12-20(27)14-19(22)15-23-24(30)29(16-17-8-10-18(11-9-17)25(31)32)26(34-23)28-21-6-4-3-5-7-21/h3-15H,2,16H2,1H3,(H,31,32)/b23-15-,28-26?. The summed E-state index contributed by atoms with van der Waals surface area (Å²) in [5.74, 6) is -0.566. The number of aliphatic imine (C=N–C) groups is 1. The lowest BCUT2D eigenvalue weighted by atomic mass is 10.1. The first-order valence-electron chi connectivity index (χ1n) is 10.5. The van der Waals surface area contributed by atoms with Crippen LogP contribution in [0.5, 0.6) is 5.75 Å². The van der Waals surface area contributed by atoms with Gasteiger partial charge >= 0.3 is 5.97 Å². The van der Waals surface area contributed by atoms with Crippen molar-refractivity contribution in [3.8, 4) is 5.75 Å². The maximum atomic E-state index is 13.4. The van der Waals surface area contributed by atoms with Crippen LogP contribution in [-0.2, 0) is 11.3 Å². The monoisotopic (exact) mass is 492 g/mol. The van der Waals surface area contributed by atoms with Crippen LogP contribution in [0, 0.1) is 0 Å². The molecule has 1 fully saturated rings. The third kappa shape index (κ3) is 5.50. The van der Waals surface area contributed by atoms with Crippen molar-refractivity contribution in [1.82, 2.24) is 4.90 Å². The molecule has 0 aliphatic carbocycles. The van der Waals surface area contributed by atoms with E-state index in [0.29, 0.717) is 33.0 Å². The molecule has 0 atom stereocenters. The number of aromatic carboxylic acids is 1. The first kappa shape index (κ1) is 23.6. The fourth-order valence-electron chi connectivity index (χ4n) is 3.34. The topological polar surface area (TPSA) is 79.2 Å². The minimum atomic E-state index is -0.998.